The number of para-hydroxylation sites is 2. The minimum Gasteiger partial charge on any atom is -0.343 e. The molecule has 0 saturated carbocycles. The molecule has 0 aromatic heterocycles. The molecule has 0 spiro atoms. The summed E-state index contributed by atoms with van der Waals surface area (Å²) in [5.41, 5.74) is 3.76. The zero-order valence-electron chi connectivity index (χ0n) is 15.0. The van der Waals surface area contributed by atoms with E-state index in [2.05, 4.69) is 22.0 Å². The number of nitrogens with zero attached hydrogens (tertiary/aromatic N) is 3. The standard InChI is InChI=1S/C21H18ClN3OS/c1-3-25-20(26)19(27-21(25)23-16-10-6-5-9-15(16)22)18-13-12-14-8-4-7-11-17(14)24(18)2/h4-13H,3H2,1-2H3/b19-18+,23-21?. The number of likely N-dealkylation sites (N-methyl/N-ethyl adjacent to an activating group) is 2. The first-order chi connectivity index (χ1) is 13.1. The van der Waals surface area contributed by atoms with E-state index >= 15 is 0 Å². The Morgan fingerprint density at radius 3 is 2.59 bits per heavy atom. The van der Waals surface area contributed by atoms with Gasteiger partial charge >= 0.3 is 0 Å². The van der Waals surface area contributed by atoms with Crippen LogP contribution < -0.4 is 4.90 Å². The Bertz CT molecular complexity index is 1010. The van der Waals surface area contributed by atoms with E-state index in [9.17, 15) is 4.79 Å². The second kappa shape index (κ2) is 7.25. The van der Waals surface area contributed by atoms with E-state index in [0.717, 1.165) is 16.9 Å². The lowest BCUT2D eigenvalue weighted by Crippen LogP contribution is -2.30. The lowest BCUT2D eigenvalue weighted by Gasteiger charge is -2.27. The second-order valence-electron chi connectivity index (χ2n) is 6.16. The molecule has 1 fully saturated rings. The summed E-state index contributed by atoms with van der Waals surface area (Å²) >= 11 is 7.64. The fraction of sp³-hybridized carbons (Fsp3) is 0.143. The molecule has 0 atom stereocenters. The fourth-order valence-electron chi connectivity index (χ4n) is 3.14. The average molecular weight is 396 g/mol. The third-order valence-corrected chi connectivity index (χ3v) is 5.96. The Balaban J connectivity index is 1.77. The summed E-state index contributed by atoms with van der Waals surface area (Å²) in [4.78, 5) is 22.1. The number of fused-ring (bicyclic) bond motifs is 1. The number of amidine groups is 1. The van der Waals surface area contributed by atoms with Gasteiger partial charge in [0.2, 0.25) is 0 Å². The van der Waals surface area contributed by atoms with Gasteiger partial charge in [0, 0.05) is 19.3 Å². The number of carbonyl (C=O) groups excluding carboxylic acids is 1. The molecule has 4 nitrogen and oxygen atoms in total. The highest BCUT2D eigenvalue weighted by molar-refractivity contribution is 8.18. The lowest BCUT2D eigenvalue weighted by molar-refractivity contribution is -0.122. The highest BCUT2D eigenvalue weighted by Gasteiger charge is 2.36. The summed E-state index contributed by atoms with van der Waals surface area (Å²) in [5.74, 6) is -0.0285. The molecule has 0 bridgehead atoms. The third kappa shape index (κ3) is 3.17. The van der Waals surface area contributed by atoms with Gasteiger partial charge in [-0.15, -0.1) is 0 Å². The molecule has 0 N–H and O–H groups in total. The van der Waals surface area contributed by atoms with Gasteiger partial charge in [0.1, 0.15) is 4.91 Å². The van der Waals surface area contributed by atoms with E-state index in [1.54, 1.807) is 11.0 Å². The van der Waals surface area contributed by atoms with Gasteiger partial charge in [-0.1, -0.05) is 48.0 Å². The van der Waals surface area contributed by atoms with Crippen LogP contribution in [0.4, 0.5) is 11.4 Å². The summed E-state index contributed by atoms with van der Waals surface area (Å²) in [6.45, 7) is 2.50. The van der Waals surface area contributed by atoms with Crippen molar-refractivity contribution in [2.24, 2.45) is 4.99 Å². The monoisotopic (exact) mass is 395 g/mol. The molecule has 0 radical (unpaired) electrons. The van der Waals surface area contributed by atoms with Gasteiger partial charge in [-0.25, -0.2) is 4.99 Å². The maximum atomic E-state index is 13.1. The first-order valence-electron chi connectivity index (χ1n) is 8.68. The van der Waals surface area contributed by atoms with Gasteiger partial charge in [0.25, 0.3) is 5.91 Å². The van der Waals surface area contributed by atoms with Crippen molar-refractivity contribution in [3.05, 3.63) is 75.8 Å². The number of halogens is 1. The van der Waals surface area contributed by atoms with Gasteiger partial charge in [-0.3, -0.25) is 9.69 Å². The largest absolute Gasteiger partial charge is 0.343 e. The summed E-state index contributed by atoms with van der Waals surface area (Å²) < 4.78 is 0. The van der Waals surface area contributed by atoms with Crippen LogP contribution in [0.15, 0.2) is 70.2 Å². The van der Waals surface area contributed by atoms with Crippen molar-refractivity contribution in [3.63, 3.8) is 0 Å². The van der Waals surface area contributed by atoms with Gasteiger partial charge in [-0.05, 0) is 48.5 Å². The van der Waals surface area contributed by atoms with Crippen LogP contribution >= 0.6 is 23.4 Å². The van der Waals surface area contributed by atoms with Crippen molar-refractivity contribution >= 4 is 51.9 Å². The normalized spacial score (nSPS) is 20.6. The number of benzene rings is 2. The Morgan fingerprint density at radius 1 is 1.07 bits per heavy atom. The van der Waals surface area contributed by atoms with Crippen molar-refractivity contribution in [2.75, 3.05) is 18.5 Å². The number of carbonyl (C=O) groups is 1. The molecular weight excluding hydrogens is 378 g/mol. The van der Waals surface area contributed by atoms with Gasteiger partial charge in [-0.2, -0.15) is 0 Å². The molecule has 2 aliphatic heterocycles. The molecular formula is C21H18ClN3OS. The molecule has 2 aliphatic rings. The predicted octanol–water partition coefficient (Wildman–Crippen LogP) is 5.30. The zero-order chi connectivity index (χ0) is 19.0. The summed E-state index contributed by atoms with van der Waals surface area (Å²) in [6, 6.07) is 15.5. The van der Waals surface area contributed by atoms with E-state index in [1.807, 2.05) is 56.5 Å². The first-order valence-corrected chi connectivity index (χ1v) is 9.87. The van der Waals surface area contributed by atoms with Crippen LogP contribution in [0.25, 0.3) is 6.08 Å². The summed E-state index contributed by atoms with van der Waals surface area (Å²) in [5, 5.41) is 1.22. The minimum absolute atomic E-state index is 0.0285. The minimum atomic E-state index is -0.0285. The Morgan fingerprint density at radius 2 is 1.81 bits per heavy atom. The number of thioether (sulfide) groups is 1. The molecule has 27 heavy (non-hydrogen) atoms. The number of hydrogen-bond acceptors (Lipinski definition) is 4. The summed E-state index contributed by atoms with van der Waals surface area (Å²) in [7, 11) is 1.98. The molecule has 0 aliphatic carbocycles. The summed E-state index contributed by atoms with van der Waals surface area (Å²) in [6.07, 6.45) is 4.04. The van der Waals surface area contributed by atoms with E-state index in [4.69, 9.17) is 11.6 Å². The van der Waals surface area contributed by atoms with E-state index < -0.39 is 0 Å². The third-order valence-electron chi connectivity index (χ3n) is 4.56. The van der Waals surface area contributed by atoms with Crippen molar-refractivity contribution in [3.8, 4) is 0 Å². The quantitative estimate of drug-likeness (QED) is 0.647. The van der Waals surface area contributed by atoms with E-state index in [-0.39, 0.29) is 5.91 Å². The molecule has 6 heteroatoms. The van der Waals surface area contributed by atoms with Gasteiger partial charge < -0.3 is 4.90 Å². The Kier molecular flexibility index (Phi) is 4.81. The molecule has 0 unspecified atom stereocenters. The van der Waals surface area contributed by atoms with Crippen molar-refractivity contribution in [2.45, 2.75) is 6.92 Å². The van der Waals surface area contributed by atoms with Gasteiger partial charge in [0.15, 0.2) is 5.17 Å². The van der Waals surface area contributed by atoms with Crippen molar-refractivity contribution < 1.29 is 4.79 Å². The van der Waals surface area contributed by atoms with Crippen molar-refractivity contribution in [1.82, 2.24) is 4.90 Å². The SMILES string of the molecule is CCN1C(=O)/C(=C2/C=Cc3ccccc3N2C)SC1=Nc1ccccc1Cl. The van der Waals surface area contributed by atoms with Crippen LogP contribution in [0.5, 0.6) is 0 Å². The highest BCUT2D eigenvalue weighted by atomic mass is 35.5. The smallest absolute Gasteiger partial charge is 0.268 e. The second-order valence-corrected chi connectivity index (χ2v) is 7.55. The Hall–Kier alpha value is -2.50. The number of amides is 1. The molecule has 2 heterocycles. The molecule has 2 aromatic carbocycles. The maximum Gasteiger partial charge on any atom is 0.268 e. The molecule has 1 saturated heterocycles. The van der Waals surface area contributed by atoms with Crippen LogP contribution in [-0.2, 0) is 4.79 Å². The number of anilines is 1. The van der Waals surface area contributed by atoms with Crippen LogP contribution in [0.1, 0.15) is 12.5 Å². The number of hydrogen-bond donors (Lipinski definition) is 0. The number of rotatable bonds is 2. The van der Waals surface area contributed by atoms with Crippen LogP contribution in [0, 0.1) is 0 Å². The van der Waals surface area contributed by atoms with E-state index in [1.165, 1.54) is 11.8 Å². The van der Waals surface area contributed by atoms with Crippen LogP contribution in [-0.4, -0.2) is 29.6 Å². The molecule has 2 aromatic rings. The molecule has 136 valence electrons. The maximum absolute atomic E-state index is 13.1. The lowest BCUT2D eigenvalue weighted by atomic mass is 10.1. The Labute approximate surface area is 167 Å². The van der Waals surface area contributed by atoms with Crippen molar-refractivity contribution in [1.29, 1.82) is 0 Å². The van der Waals surface area contributed by atoms with Gasteiger partial charge in [0.05, 0.1) is 16.4 Å². The first kappa shape index (κ1) is 17.9. The van der Waals surface area contributed by atoms with Crippen LogP contribution in [0.3, 0.4) is 0 Å². The highest BCUT2D eigenvalue weighted by Crippen LogP contribution is 2.40. The number of allylic oxidation sites excluding steroid dienone is 1. The average Bonchev–Trinajstić information content (AvgIpc) is 2.99. The predicted molar refractivity (Wildman–Crippen MR) is 114 cm³/mol. The molecule has 1 amide bonds. The number of aliphatic imine (C=N–C) groups is 1. The topological polar surface area (TPSA) is 35.9 Å². The fourth-order valence-corrected chi connectivity index (χ4v) is 4.47. The van der Waals surface area contributed by atoms with E-state index in [0.29, 0.717) is 27.3 Å². The van der Waals surface area contributed by atoms with Crippen LogP contribution in [0.2, 0.25) is 5.02 Å². The zero-order valence-corrected chi connectivity index (χ0v) is 16.6. The molecule has 4 rings (SSSR count).